The van der Waals surface area contributed by atoms with E-state index in [1.54, 1.807) is 24.3 Å². The number of aliphatic hydroxyl groups excluding tert-OH is 1. The predicted octanol–water partition coefficient (Wildman–Crippen LogP) is 4.26. The smallest absolute Gasteiger partial charge is 0.296 e. The number of hydrogen-bond acceptors (Lipinski definition) is 8. The third kappa shape index (κ3) is 6.15. The number of aliphatic hydroxyl groups is 1. The van der Waals surface area contributed by atoms with Crippen molar-refractivity contribution in [2.75, 3.05) is 56.2 Å². The summed E-state index contributed by atoms with van der Waals surface area (Å²) in [6, 6.07) is 9.55. The molecule has 2 aliphatic rings. The zero-order valence-corrected chi connectivity index (χ0v) is 22.8. The summed E-state index contributed by atoms with van der Waals surface area (Å²) in [4.78, 5) is 18.2. The van der Waals surface area contributed by atoms with Gasteiger partial charge in [-0.3, -0.25) is 9.47 Å². The number of aromatic nitrogens is 4. The maximum Gasteiger partial charge on any atom is 0.296 e. The van der Waals surface area contributed by atoms with Crippen molar-refractivity contribution < 1.29 is 18.6 Å². The first-order valence-electron chi connectivity index (χ1n) is 14.1. The number of hydrogen-bond donors (Lipinski definition) is 2. The van der Waals surface area contributed by atoms with E-state index in [4.69, 9.17) is 14.7 Å². The number of anilines is 2. The fourth-order valence-electron chi connectivity index (χ4n) is 5.95. The van der Waals surface area contributed by atoms with Crippen molar-refractivity contribution in [3.63, 3.8) is 0 Å². The van der Waals surface area contributed by atoms with Crippen molar-refractivity contribution in [2.45, 2.75) is 58.0 Å². The number of nitrogens with zero attached hydrogens (tertiary/aromatic N) is 6. The first-order chi connectivity index (χ1) is 19.0. The van der Waals surface area contributed by atoms with Crippen molar-refractivity contribution in [1.82, 2.24) is 24.4 Å². The zero-order valence-electron chi connectivity index (χ0n) is 22.8. The highest BCUT2D eigenvalue weighted by atomic mass is 19.3. The SMILES string of the molecule is CCN(C(C)CO)[C@H]1CC[C@H](CNc2nc(N3CCOCC3)cc(-n3c(C(F)F)nc4ccccc43)n2)CC1. The molecule has 1 saturated carbocycles. The first-order valence-corrected chi connectivity index (χ1v) is 14.1. The molecule has 1 unspecified atom stereocenters. The molecule has 2 N–H and O–H groups in total. The van der Waals surface area contributed by atoms with Gasteiger partial charge < -0.3 is 20.1 Å². The van der Waals surface area contributed by atoms with Gasteiger partial charge in [-0.05, 0) is 57.2 Å². The number of morpholine rings is 1. The first kappa shape index (κ1) is 27.7. The summed E-state index contributed by atoms with van der Waals surface area (Å²) in [5.41, 5.74) is 1.09. The van der Waals surface area contributed by atoms with Crippen LogP contribution in [0.4, 0.5) is 20.5 Å². The Hall–Kier alpha value is -2.89. The maximum absolute atomic E-state index is 14.1. The summed E-state index contributed by atoms with van der Waals surface area (Å²) in [6.07, 6.45) is 1.57. The van der Waals surface area contributed by atoms with Gasteiger partial charge in [0.05, 0.1) is 30.9 Å². The van der Waals surface area contributed by atoms with Crippen molar-refractivity contribution in [3.8, 4) is 5.82 Å². The van der Waals surface area contributed by atoms with Gasteiger partial charge in [-0.25, -0.2) is 13.8 Å². The number of benzene rings is 1. The van der Waals surface area contributed by atoms with Crippen molar-refractivity contribution in [1.29, 1.82) is 0 Å². The van der Waals surface area contributed by atoms with Crippen LogP contribution in [-0.4, -0.2) is 87.6 Å². The van der Waals surface area contributed by atoms with Crippen LogP contribution in [0.1, 0.15) is 51.8 Å². The van der Waals surface area contributed by atoms with Gasteiger partial charge in [0.1, 0.15) is 11.6 Å². The quantitative estimate of drug-likeness (QED) is 0.392. The van der Waals surface area contributed by atoms with E-state index >= 15 is 0 Å². The van der Waals surface area contributed by atoms with E-state index in [1.807, 2.05) is 6.07 Å². The second-order valence-electron chi connectivity index (χ2n) is 10.5. The number of ether oxygens (including phenoxy) is 1. The lowest BCUT2D eigenvalue weighted by molar-refractivity contribution is 0.0709. The second-order valence-corrected chi connectivity index (χ2v) is 10.5. The highest BCUT2D eigenvalue weighted by Gasteiger charge is 2.28. The van der Waals surface area contributed by atoms with Crippen LogP contribution in [0.5, 0.6) is 0 Å². The molecule has 0 amide bonds. The number of para-hydroxylation sites is 2. The monoisotopic (exact) mass is 543 g/mol. The molecule has 2 aromatic heterocycles. The molecule has 0 spiro atoms. The molecule has 1 atom stereocenters. The highest BCUT2D eigenvalue weighted by molar-refractivity contribution is 5.78. The molecule has 3 heterocycles. The minimum Gasteiger partial charge on any atom is -0.395 e. The molecule has 1 aliphatic carbocycles. The fourth-order valence-corrected chi connectivity index (χ4v) is 5.95. The van der Waals surface area contributed by atoms with Gasteiger partial charge in [0.25, 0.3) is 6.43 Å². The molecular weight excluding hydrogens is 504 g/mol. The number of rotatable bonds is 10. The third-order valence-electron chi connectivity index (χ3n) is 8.07. The van der Waals surface area contributed by atoms with Crippen molar-refractivity contribution in [3.05, 3.63) is 36.2 Å². The molecule has 39 heavy (non-hydrogen) atoms. The summed E-state index contributed by atoms with van der Waals surface area (Å²) >= 11 is 0. The van der Waals surface area contributed by atoms with E-state index in [2.05, 4.69) is 33.9 Å². The molecule has 0 bridgehead atoms. The number of likely N-dealkylation sites (N-methyl/N-ethyl adjacent to an activating group) is 1. The lowest BCUT2D eigenvalue weighted by Crippen LogP contribution is -2.45. The van der Waals surface area contributed by atoms with E-state index < -0.39 is 6.43 Å². The van der Waals surface area contributed by atoms with Crippen LogP contribution in [0.25, 0.3) is 16.9 Å². The summed E-state index contributed by atoms with van der Waals surface area (Å²) in [6.45, 7) is 8.58. The molecule has 1 saturated heterocycles. The minimum atomic E-state index is -2.75. The van der Waals surface area contributed by atoms with Crippen LogP contribution >= 0.6 is 0 Å². The number of fused-ring (bicyclic) bond motifs is 1. The normalized spacial score (nSPS) is 21.2. The minimum absolute atomic E-state index is 0.168. The second kappa shape index (κ2) is 12.5. The molecule has 1 aromatic carbocycles. The molecule has 212 valence electrons. The number of alkyl halides is 2. The Morgan fingerprint density at radius 1 is 1.08 bits per heavy atom. The van der Waals surface area contributed by atoms with Gasteiger partial charge >= 0.3 is 0 Å². The van der Waals surface area contributed by atoms with Gasteiger partial charge in [-0.2, -0.15) is 9.97 Å². The summed E-state index contributed by atoms with van der Waals surface area (Å²) < 4.78 is 35.2. The van der Waals surface area contributed by atoms with Crippen LogP contribution in [0.15, 0.2) is 30.3 Å². The number of nitrogens with one attached hydrogen (secondary N) is 1. The van der Waals surface area contributed by atoms with Crippen molar-refractivity contribution in [2.24, 2.45) is 5.92 Å². The lowest BCUT2D eigenvalue weighted by atomic mass is 9.85. The molecule has 5 rings (SSSR count). The molecule has 11 heteroatoms. The van der Waals surface area contributed by atoms with E-state index in [0.717, 1.165) is 32.2 Å². The Labute approximate surface area is 228 Å². The van der Waals surface area contributed by atoms with Gasteiger partial charge in [-0.15, -0.1) is 0 Å². The van der Waals surface area contributed by atoms with Crippen LogP contribution in [0.3, 0.4) is 0 Å². The molecule has 3 aromatic rings. The Morgan fingerprint density at radius 3 is 2.49 bits per heavy atom. The van der Waals surface area contributed by atoms with Gasteiger partial charge in [0, 0.05) is 37.8 Å². The molecule has 0 radical (unpaired) electrons. The van der Waals surface area contributed by atoms with Gasteiger partial charge in [-0.1, -0.05) is 19.1 Å². The van der Waals surface area contributed by atoms with Crippen LogP contribution in [0, 0.1) is 5.92 Å². The topological polar surface area (TPSA) is 91.6 Å². The third-order valence-corrected chi connectivity index (χ3v) is 8.07. The molecule has 1 aliphatic heterocycles. The molecular formula is C28H39F2N7O2. The largest absolute Gasteiger partial charge is 0.395 e. The standard InChI is InChI=1S/C28H39F2N7O2/c1-3-36(19(2)18-38)21-10-8-20(9-11-21)17-31-28-33-24(35-12-14-39-15-13-35)16-25(34-28)37-23-7-5-4-6-22(23)32-27(37)26(29)30/h4-7,16,19-21,26,38H,3,8-15,17-18H2,1-2H3,(H,31,33,34)/t19?,20-,21-. The Morgan fingerprint density at radius 2 is 1.79 bits per heavy atom. The van der Waals surface area contributed by atoms with E-state index in [0.29, 0.717) is 73.4 Å². The van der Waals surface area contributed by atoms with Crippen LogP contribution < -0.4 is 10.2 Å². The Bertz CT molecular complexity index is 1230. The molecule has 2 fully saturated rings. The molecule has 9 nitrogen and oxygen atoms in total. The lowest BCUT2D eigenvalue weighted by Gasteiger charge is -2.39. The van der Waals surface area contributed by atoms with E-state index in [-0.39, 0.29) is 18.5 Å². The number of imidazole rings is 1. The predicted molar refractivity (Wildman–Crippen MR) is 148 cm³/mol. The van der Waals surface area contributed by atoms with E-state index in [1.165, 1.54) is 4.57 Å². The maximum atomic E-state index is 14.1. The summed E-state index contributed by atoms with van der Waals surface area (Å²) in [5, 5.41) is 13.0. The highest BCUT2D eigenvalue weighted by Crippen LogP contribution is 2.31. The Balaban J connectivity index is 1.38. The van der Waals surface area contributed by atoms with Gasteiger partial charge in [0.15, 0.2) is 5.82 Å². The van der Waals surface area contributed by atoms with Crippen LogP contribution in [-0.2, 0) is 4.74 Å². The van der Waals surface area contributed by atoms with Crippen LogP contribution in [0.2, 0.25) is 0 Å². The summed E-state index contributed by atoms with van der Waals surface area (Å²) in [5.74, 6) is 1.62. The Kier molecular flexibility index (Phi) is 8.89. The fraction of sp³-hybridized carbons (Fsp3) is 0.607. The average Bonchev–Trinajstić information content (AvgIpc) is 3.37. The summed E-state index contributed by atoms with van der Waals surface area (Å²) in [7, 11) is 0. The van der Waals surface area contributed by atoms with Crippen molar-refractivity contribution >= 4 is 22.8 Å². The van der Waals surface area contributed by atoms with E-state index in [9.17, 15) is 13.9 Å². The average molecular weight is 544 g/mol. The van der Waals surface area contributed by atoms with Gasteiger partial charge in [0.2, 0.25) is 5.95 Å². The number of halogens is 2. The zero-order chi connectivity index (χ0) is 27.4.